The highest BCUT2D eigenvalue weighted by Gasteiger charge is 2.14. The molecule has 3 aromatic rings. The molecule has 0 aliphatic rings. The number of benzene rings is 2. The minimum Gasteiger partial charge on any atom is -0.296 e. The number of nitrogens with one attached hydrogen (secondary N) is 1. The fraction of sp³-hybridized carbons (Fsp3) is 0.0625. The van der Waals surface area contributed by atoms with Gasteiger partial charge in [0.2, 0.25) is 5.13 Å². The van der Waals surface area contributed by atoms with Crippen LogP contribution in [0.2, 0.25) is 15.1 Å². The molecule has 1 aromatic heterocycles. The van der Waals surface area contributed by atoms with Crippen LogP contribution in [0.15, 0.2) is 42.5 Å². The van der Waals surface area contributed by atoms with Crippen molar-refractivity contribution in [3.63, 3.8) is 0 Å². The van der Waals surface area contributed by atoms with Crippen LogP contribution >= 0.6 is 46.1 Å². The van der Waals surface area contributed by atoms with E-state index in [0.29, 0.717) is 27.2 Å². The second-order valence-corrected chi connectivity index (χ2v) is 7.22. The highest BCUT2D eigenvalue weighted by Crippen LogP contribution is 2.24. The molecule has 0 unspecified atom stereocenters. The van der Waals surface area contributed by atoms with Crippen molar-refractivity contribution in [3.8, 4) is 0 Å². The van der Waals surface area contributed by atoms with Crippen LogP contribution in [0, 0.1) is 0 Å². The molecule has 0 fully saturated rings. The summed E-state index contributed by atoms with van der Waals surface area (Å²) in [4.78, 5) is 12.2. The molecule has 0 saturated carbocycles. The molecule has 0 bridgehead atoms. The van der Waals surface area contributed by atoms with E-state index in [1.807, 2.05) is 24.3 Å². The Morgan fingerprint density at radius 2 is 1.71 bits per heavy atom. The van der Waals surface area contributed by atoms with Gasteiger partial charge in [0.25, 0.3) is 5.91 Å². The van der Waals surface area contributed by atoms with E-state index in [1.165, 1.54) is 17.4 Å². The molecule has 0 spiro atoms. The number of aromatic nitrogens is 2. The smallest absolute Gasteiger partial charge is 0.259 e. The summed E-state index contributed by atoms with van der Waals surface area (Å²) in [5, 5.41) is 13.4. The fourth-order valence-corrected chi connectivity index (χ4v) is 3.38. The standard InChI is InChI=1S/C16H10Cl3N3OS/c17-10-3-1-9(2-4-10)7-14-21-22-16(24-14)20-15(23)12-6-5-11(18)8-13(12)19/h1-6,8H,7H2,(H,20,22,23). The molecule has 0 atom stereocenters. The van der Waals surface area contributed by atoms with E-state index in [1.54, 1.807) is 12.1 Å². The summed E-state index contributed by atoms with van der Waals surface area (Å²) >= 11 is 19.0. The minimum absolute atomic E-state index is 0.283. The zero-order chi connectivity index (χ0) is 17.1. The first-order valence-corrected chi connectivity index (χ1v) is 8.79. The quantitative estimate of drug-likeness (QED) is 0.645. The molecule has 3 rings (SSSR count). The van der Waals surface area contributed by atoms with Gasteiger partial charge in [0.05, 0.1) is 10.6 Å². The Labute approximate surface area is 157 Å². The second kappa shape index (κ2) is 7.49. The van der Waals surface area contributed by atoms with Crippen LogP contribution in [0.5, 0.6) is 0 Å². The maximum Gasteiger partial charge on any atom is 0.259 e. The number of nitrogens with zero attached hydrogens (tertiary/aromatic N) is 2. The first-order valence-electron chi connectivity index (χ1n) is 6.84. The number of amides is 1. The summed E-state index contributed by atoms with van der Waals surface area (Å²) < 4.78 is 0. The van der Waals surface area contributed by atoms with E-state index in [4.69, 9.17) is 34.8 Å². The van der Waals surface area contributed by atoms with Crippen molar-refractivity contribution >= 4 is 57.2 Å². The monoisotopic (exact) mass is 397 g/mol. The summed E-state index contributed by atoms with van der Waals surface area (Å²) in [6, 6.07) is 12.2. The number of halogens is 3. The van der Waals surface area contributed by atoms with Crippen molar-refractivity contribution in [1.29, 1.82) is 0 Å². The van der Waals surface area contributed by atoms with Gasteiger partial charge in [-0.15, -0.1) is 10.2 Å². The SMILES string of the molecule is O=C(Nc1nnc(Cc2ccc(Cl)cc2)s1)c1ccc(Cl)cc1Cl. The van der Waals surface area contributed by atoms with Gasteiger partial charge < -0.3 is 0 Å². The molecule has 2 aromatic carbocycles. The van der Waals surface area contributed by atoms with Crippen molar-refractivity contribution < 1.29 is 4.79 Å². The number of hydrogen-bond donors (Lipinski definition) is 1. The molecule has 1 amide bonds. The van der Waals surface area contributed by atoms with Crippen LogP contribution in [0.1, 0.15) is 20.9 Å². The number of carbonyl (C=O) groups excluding carboxylic acids is 1. The van der Waals surface area contributed by atoms with Crippen molar-refractivity contribution in [2.75, 3.05) is 5.32 Å². The van der Waals surface area contributed by atoms with Crippen molar-refractivity contribution in [3.05, 3.63) is 73.7 Å². The van der Waals surface area contributed by atoms with Gasteiger partial charge in [-0.1, -0.05) is 58.3 Å². The predicted octanol–water partition coefficient (Wildman–Crippen LogP) is 5.34. The minimum atomic E-state index is -0.356. The molecular formula is C16H10Cl3N3OS. The van der Waals surface area contributed by atoms with Crippen LogP contribution < -0.4 is 5.32 Å². The average Bonchev–Trinajstić information content (AvgIpc) is 2.96. The number of carbonyl (C=O) groups is 1. The Morgan fingerprint density at radius 1 is 1.00 bits per heavy atom. The lowest BCUT2D eigenvalue weighted by atomic mass is 10.2. The zero-order valence-electron chi connectivity index (χ0n) is 12.1. The second-order valence-electron chi connectivity index (χ2n) is 4.88. The molecule has 0 radical (unpaired) electrons. The van der Waals surface area contributed by atoms with E-state index < -0.39 is 0 Å². The molecule has 24 heavy (non-hydrogen) atoms. The van der Waals surface area contributed by atoms with Gasteiger partial charge in [-0.25, -0.2) is 0 Å². The molecule has 122 valence electrons. The normalized spacial score (nSPS) is 10.6. The summed E-state index contributed by atoms with van der Waals surface area (Å²) in [5.41, 5.74) is 1.39. The lowest BCUT2D eigenvalue weighted by molar-refractivity contribution is 0.102. The Hall–Kier alpha value is -1.66. The van der Waals surface area contributed by atoms with Gasteiger partial charge in [-0.3, -0.25) is 10.1 Å². The van der Waals surface area contributed by atoms with E-state index in [2.05, 4.69) is 15.5 Å². The molecule has 0 aliphatic carbocycles. The molecular weight excluding hydrogens is 389 g/mol. The highest BCUT2D eigenvalue weighted by atomic mass is 35.5. The summed E-state index contributed by atoms with van der Waals surface area (Å²) in [6.45, 7) is 0. The number of anilines is 1. The van der Waals surface area contributed by atoms with Crippen molar-refractivity contribution in [1.82, 2.24) is 10.2 Å². The van der Waals surface area contributed by atoms with E-state index in [-0.39, 0.29) is 10.9 Å². The van der Waals surface area contributed by atoms with Crippen LogP contribution in [0.4, 0.5) is 5.13 Å². The van der Waals surface area contributed by atoms with Gasteiger partial charge in [0.15, 0.2) is 0 Å². The predicted molar refractivity (Wildman–Crippen MR) is 98.6 cm³/mol. The lowest BCUT2D eigenvalue weighted by Crippen LogP contribution is -2.12. The zero-order valence-corrected chi connectivity index (χ0v) is 15.2. The molecule has 0 aliphatic heterocycles. The van der Waals surface area contributed by atoms with E-state index in [0.717, 1.165) is 10.6 Å². The molecule has 0 saturated heterocycles. The third kappa shape index (κ3) is 4.24. The largest absolute Gasteiger partial charge is 0.296 e. The Morgan fingerprint density at radius 3 is 2.42 bits per heavy atom. The van der Waals surface area contributed by atoms with E-state index in [9.17, 15) is 4.79 Å². The Bertz CT molecular complexity index is 881. The van der Waals surface area contributed by atoms with Gasteiger partial charge in [-0.05, 0) is 35.9 Å². The van der Waals surface area contributed by atoms with Gasteiger partial charge >= 0.3 is 0 Å². The summed E-state index contributed by atoms with van der Waals surface area (Å²) in [7, 11) is 0. The van der Waals surface area contributed by atoms with Gasteiger partial charge in [0, 0.05) is 16.5 Å². The molecule has 1 heterocycles. The molecule has 4 nitrogen and oxygen atoms in total. The third-order valence-corrected chi connectivity index (χ3v) is 4.77. The number of rotatable bonds is 4. The lowest BCUT2D eigenvalue weighted by Gasteiger charge is -2.03. The van der Waals surface area contributed by atoms with Crippen molar-refractivity contribution in [2.24, 2.45) is 0 Å². The highest BCUT2D eigenvalue weighted by molar-refractivity contribution is 7.15. The van der Waals surface area contributed by atoms with Gasteiger partial charge in [0.1, 0.15) is 5.01 Å². The first kappa shape index (κ1) is 17.2. The van der Waals surface area contributed by atoms with Crippen LogP contribution in [0.3, 0.4) is 0 Å². The maximum atomic E-state index is 12.2. The fourth-order valence-electron chi connectivity index (χ4n) is 1.99. The Balaban J connectivity index is 1.69. The third-order valence-electron chi connectivity index (χ3n) is 3.13. The molecule has 8 heteroatoms. The summed E-state index contributed by atoms with van der Waals surface area (Å²) in [5.74, 6) is -0.356. The van der Waals surface area contributed by atoms with Crippen molar-refractivity contribution in [2.45, 2.75) is 6.42 Å². The van der Waals surface area contributed by atoms with E-state index >= 15 is 0 Å². The van der Waals surface area contributed by atoms with Crippen LogP contribution in [-0.2, 0) is 6.42 Å². The molecule has 1 N–H and O–H groups in total. The Kier molecular flexibility index (Phi) is 5.36. The topological polar surface area (TPSA) is 54.9 Å². The number of hydrogen-bond acceptors (Lipinski definition) is 4. The summed E-state index contributed by atoms with van der Waals surface area (Å²) in [6.07, 6.45) is 0.617. The first-order chi connectivity index (χ1) is 11.5. The maximum absolute atomic E-state index is 12.2. The van der Waals surface area contributed by atoms with Crippen LogP contribution in [0.25, 0.3) is 0 Å². The van der Waals surface area contributed by atoms with Gasteiger partial charge in [-0.2, -0.15) is 0 Å². The average molecular weight is 399 g/mol. The van der Waals surface area contributed by atoms with Crippen LogP contribution in [-0.4, -0.2) is 16.1 Å².